The fourth-order valence-electron chi connectivity index (χ4n) is 3.05. The van der Waals surface area contributed by atoms with Crippen molar-refractivity contribution in [1.82, 2.24) is 0 Å². The number of carbonyl (C=O) groups excluding carboxylic acids is 2. The van der Waals surface area contributed by atoms with Gasteiger partial charge in [0.2, 0.25) is 0 Å². The van der Waals surface area contributed by atoms with E-state index in [1.807, 2.05) is 13.0 Å². The number of rotatable bonds is 4. The molecule has 0 fully saturated rings. The van der Waals surface area contributed by atoms with Crippen LogP contribution in [0.4, 0.5) is 5.69 Å². The van der Waals surface area contributed by atoms with Crippen LogP contribution in [0.1, 0.15) is 39.0 Å². The lowest BCUT2D eigenvalue weighted by atomic mass is 9.93. The van der Waals surface area contributed by atoms with Gasteiger partial charge in [0.05, 0.1) is 10.7 Å². The standard InChI is InChI=1S/C18H17ClN2O3/c1-2-12(10-20)24-16-9-11(7-8-15(16)19)21-17(22)13-5-3-4-6-14(13)18(21)23/h7-9,12H,2-6H2,1H3. The number of anilines is 1. The van der Waals surface area contributed by atoms with Crippen LogP contribution in [-0.4, -0.2) is 17.9 Å². The molecule has 2 aliphatic rings. The molecule has 0 bridgehead atoms. The smallest absolute Gasteiger partial charge is 0.261 e. The number of amides is 2. The Balaban J connectivity index is 1.92. The van der Waals surface area contributed by atoms with Crippen LogP contribution in [0.5, 0.6) is 5.75 Å². The highest BCUT2D eigenvalue weighted by Crippen LogP contribution is 2.38. The van der Waals surface area contributed by atoms with Gasteiger partial charge in [-0.2, -0.15) is 5.26 Å². The quantitative estimate of drug-likeness (QED) is 0.779. The number of ether oxygens (including phenoxy) is 1. The number of hydrogen-bond acceptors (Lipinski definition) is 4. The highest BCUT2D eigenvalue weighted by atomic mass is 35.5. The van der Waals surface area contributed by atoms with Crippen molar-refractivity contribution in [2.24, 2.45) is 0 Å². The average Bonchev–Trinajstić information content (AvgIpc) is 2.86. The second-order valence-electron chi connectivity index (χ2n) is 5.87. The molecule has 1 heterocycles. The van der Waals surface area contributed by atoms with E-state index in [1.54, 1.807) is 18.2 Å². The van der Waals surface area contributed by atoms with Crippen LogP contribution in [0.25, 0.3) is 0 Å². The van der Waals surface area contributed by atoms with Gasteiger partial charge < -0.3 is 4.74 Å². The van der Waals surface area contributed by atoms with E-state index in [2.05, 4.69) is 0 Å². The predicted molar refractivity (Wildman–Crippen MR) is 89.8 cm³/mol. The molecule has 1 aliphatic heterocycles. The molecule has 1 aromatic carbocycles. The average molecular weight is 345 g/mol. The van der Waals surface area contributed by atoms with Gasteiger partial charge in [-0.1, -0.05) is 18.5 Å². The van der Waals surface area contributed by atoms with Gasteiger partial charge >= 0.3 is 0 Å². The number of carbonyl (C=O) groups is 2. The van der Waals surface area contributed by atoms with Crippen LogP contribution in [-0.2, 0) is 9.59 Å². The number of nitrogens with zero attached hydrogens (tertiary/aromatic N) is 2. The van der Waals surface area contributed by atoms with Crippen LogP contribution in [0.3, 0.4) is 0 Å². The van der Waals surface area contributed by atoms with E-state index >= 15 is 0 Å². The monoisotopic (exact) mass is 344 g/mol. The lowest BCUT2D eigenvalue weighted by Crippen LogP contribution is -2.31. The zero-order valence-electron chi connectivity index (χ0n) is 13.3. The zero-order valence-corrected chi connectivity index (χ0v) is 14.1. The molecule has 0 aromatic heterocycles. The number of nitriles is 1. The van der Waals surface area contributed by atoms with Crippen LogP contribution in [0, 0.1) is 11.3 Å². The van der Waals surface area contributed by atoms with E-state index in [0.29, 0.717) is 46.9 Å². The number of hydrogen-bond donors (Lipinski definition) is 0. The number of halogens is 1. The van der Waals surface area contributed by atoms with Crippen molar-refractivity contribution >= 4 is 29.1 Å². The van der Waals surface area contributed by atoms with Crippen molar-refractivity contribution < 1.29 is 14.3 Å². The topological polar surface area (TPSA) is 70.4 Å². The van der Waals surface area contributed by atoms with Crippen molar-refractivity contribution in [3.05, 3.63) is 34.4 Å². The van der Waals surface area contributed by atoms with E-state index in [9.17, 15) is 9.59 Å². The van der Waals surface area contributed by atoms with Gasteiger partial charge in [0.25, 0.3) is 11.8 Å². The van der Waals surface area contributed by atoms with Crippen LogP contribution in [0.2, 0.25) is 5.02 Å². The maximum atomic E-state index is 12.6. The first-order valence-corrected chi connectivity index (χ1v) is 8.41. The third-order valence-corrected chi connectivity index (χ3v) is 4.66. The van der Waals surface area contributed by atoms with Crippen molar-refractivity contribution in [3.8, 4) is 11.8 Å². The van der Waals surface area contributed by atoms with Crippen molar-refractivity contribution in [2.45, 2.75) is 45.1 Å². The third-order valence-electron chi connectivity index (χ3n) is 4.35. The molecular weight excluding hydrogens is 328 g/mol. The molecule has 0 N–H and O–H groups in total. The van der Waals surface area contributed by atoms with Gasteiger partial charge in [-0.15, -0.1) is 0 Å². The van der Waals surface area contributed by atoms with Gasteiger partial charge in [-0.3, -0.25) is 9.59 Å². The summed E-state index contributed by atoms with van der Waals surface area (Å²) < 4.78 is 5.58. The largest absolute Gasteiger partial charge is 0.474 e. The molecular formula is C18H17ClN2O3. The highest BCUT2D eigenvalue weighted by Gasteiger charge is 2.39. The van der Waals surface area contributed by atoms with E-state index in [-0.39, 0.29) is 11.8 Å². The minimum Gasteiger partial charge on any atom is -0.474 e. The van der Waals surface area contributed by atoms with E-state index < -0.39 is 6.10 Å². The van der Waals surface area contributed by atoms with Gasteiger partial charge in [0, 0.05) is 17.2 Å². The van der Waals surface area contributed by atoms with Crippen LogP contribution >= 0.6 is 11.6 Å². The molecule has 0 saturated heterocycles. The first kappa shape index (κ1) is 16.5. The lowest BCUT2D eigenvalue weighted by molar-refractivity contribution is -0.120. The highest BCUT2D eigenvalue weighted by molar-refractivity contribution is 6.34. The van der Waals surface area contributed by atoms with Gasteiger partial charge in [0.15, 0.2) is 6.10 Å². The van der Waals surface area contributed by atoms with Crippen molar-refractivity contribution in [2.75, 3.05) is 4.90 Å². The fraction of sp³-hybridized carbons (Fsp3) is 0.389. The normalized spacial score (nSPS) is 18.5. The molecule has 1 atom stereocenters. The van der Waals surface area contributed by atoms with Crippen molar-refractivity contribution in [1.29, 1.82) is 5.26 Å². The first-order valence-electron chi connectivity index (χ1n) is 8.03. The second kappa shape index (κ2) is 6.66. The Hall–Kier alpha value is -2.32. The minimum atomic E-state index is -0.630. The molecule has 0 spiro atoms. The Morgan fingerprint density at radius 2 is 1.88 bits per heavy atom. The number of imide groups is 1. The Morgan fingerprint density at radius 1 is 1.25 bits per heavy atom. The molecule has 1 aromatic rings. The summed E-state index contributed by atoms with van der Waals surface area (Å²) in [5, 5.41) is 9.38. The summed E-state index contributed by atoms with van der Waals surface area (Å²) in [6.45, 7) is 1.83. The van der Waals surface area contributed by atoms with Gasteiger partial charge in [-0.05, 0) is 44.2 Å². The molecule has 5 nitrogen and oxygen atoms in total. The molecule has 0 radical (unpaired) electrons. The fourth-order valence-corrected chi connectivity index (χ4v) is 3.21. The van der Waals surface area contributed by atoms with E-state index in [0.717, 1.165) is 12.8 Å². The SMILES string of the molecule is CCC(C#N)Oc1cc(N2C(=O)C3=C(CCCC3)C2=O)ccc1Cl. The van der Waals surface area contributed by atoms with Crippen molar-refractivity contribution in [3.63, 3.8) is 0 Å². The van der Waals surface area contributed by atoms with Crippen LogP contribution in [0.15, 0.2) is 29.3 Å². The van der Waals surface area contributed by atoms with Gasteiger partial charge in [-0.25, -0.2) is 4.90 Å². The Morgan fingerprint density at radius 3 is 2.42 bits per heavy atom. The molecule has 124 valence electrons. The molecule has 1 unspecified atom stereocenters. The third kappa shape index (κ3) is 2.78. The molecule has 1 aliphatic carbocycles. The minimum absolute atomic E-state index is 0.254. The maximum absolute atomic E-state index is 12.6. The summed E-state index contributed by atoms with van der Waals surface area (Å²) in [5.41, 5.74) is 1.69. The molecule has 0 saturated carbocycles. The summed E-state index contributed by atoms with van der Waals surface area (Å²) >= 11 is 6.12. The molecule has 3 rings (SSSR count). The lowest BCUT2D eigenvalue weighted by Gasteiger charge is -2.18. The first-order chi connectivity index (χ1) is 11.6. The Bertz CT molecular complexity index is 751. The van der Waals surface area contributed by atoms with E-state index in [1.165, 1.54) is 4.90 Å². The summed E-state index contributed by atoms with van der Waals surface area (Å²) in [6, 6.07) is 6.79. The summed E-state index contributed by atoms with van der Waals surface area (Å²) in [4.78, 5) is 26.4. The Labute approximate surface area is 145 Å². The number of benzene rings is 1. The molecule has 2 amide bonds. The summed E-state index contributed by atoms with van der Waals surface area (Å²) in [5.74, 6) is -0.210. The maximum Gasteiger partial charge on any atom is 0.261 e. The summed E-state index contributed by atoms with van der Waals surface area (Å²) in [7, 11) is 0. The van der Waals surface area contributed by atoms with E-state index in [4.69, 9.17) is 21.6 Å². The summed E-state index contributed by atoms with van der Waals surface area (Å²) in [6.07, 6.45) is 3.05. The molecule has 6 heteroatoms. The Kier molecular flexibility index (Phi) is 4.59. The predicted octanol–water partition coefficient (Wildman–Crippen LogP) is 3.76. The second-order valence-corrected chi connectivity index (χ2v) is 6.28. The molecule has 24 heavy (non-hydrogen) atoms. The zero-order chi connectivity index (χ0) is 17.3. The van der Waals surface area contributed by atoms with Gasteiger partial charge in [0.1, 0.15) is 11.8 Å². The van der Waals surface area contributed by atoms with Crippen LogP contribution < -0.4 is 9.64 Å².